The zero-order chi connectivity index (χ0) is 9.49. The molecule has 0 saturated carbocycles. The van der Waals surface area contributed by atoms with Crippen LogP contribution in [0, 0.1) is 0 Å². The van der Waals surface area contributed by atoms with Crippen LogP contribution in [0.5, 0.6) is 0 Å². The predicted octanol–water partition coefficient (Wildman–Crippen LogP) is 0.346. The summed E-state index contributed by atoms with van der Waals surface area (Å²) in [4.78, 5) is -3.56. The van der Waals surface area contributed by atoms with Gasteiger partial charge in [0.2, 0.25) is 0 Å². The number of alkyl halides is 4. The number of rotatable bonds is 2. The predicted molar refractivity (Wildman–Crippen MR) is 36.8 cm³/mol. The molecule has 0 aromatic carbocycles. The molecular weight excluding hydrogens is 205 g/mol. The summed E-state index contributed by atoms with van der Waals surface area (Å²) in [6, 6.07) is 0. The smallest absolute Gasteiger partial charge is 0.394 e. The maximum atomic E-state index is 10.6. The number of halogens is 4. The van der Waals surface area contributed by atoms with Crippen LogP contribution in [0.15, 0.2) is 0 Å². The molecule has 0 radical (unpaired) electrons. The summed E-state index contributed by atoms with van der Waals surface area (Å²) in [7, 11) is 0. The van der Waals surface area contributed by atoms with Gasteiger partial charge in [-0.25, -0.2) is 0 Å². The second-order valence-electron chi connectivity index (χ2n) is 1.45. The van der Waals surface area contributed by atoms with Crippen molar-refractivity contribution in [1.82, 2.24) is 0 Å². The van der Waals surface area contributed by atoms with Crippen LogP contribution in [0.1, 0.15) is 0 Å². The standard InChI is InChI=1S/C3H8O3.CCl2F2/c4-1-3(6)2-5;2-1(3,4)5/h3-6H,1-2H2;. The van der Waals surface area contributed by atoms with Crippen molar-refractivity contribution in [2.45, 2.75) is 10.9 Å². The van der Waals surface area contributed by atoms with E-state index in [0.29, 0.717) is 0 Å². The van der Waals surface area contributed by atoms with E-state index in [4.69, 9.17) is 15.3 Å². The Hall–Kier alpha value is 0.320. The molecule has 0 aliphatic carbocycles. The van der Waals surface area contributed by atoms with Crippen molar-refractivity contribution < 1.29 is 24.1 Å². The van der Waals surface area contributed by atoms with E-state index in [1.165, 1.54) is 0 Å². The molecule has 0 bridgehead atoms. The zero-order valence-corrected chi connectivity index (χ0v) is 6.86. The maximum Gasteiger partial charge on any atom is 0.401 e. The Balaban J connectivity index is 0. The van der Waals surface area contributed by atoms with Crippen LogP contribution in [-0.2, 0) is 0 Å². The van der Waals surface area contributed by atoms with Gasteiger partial charge in [0.15, 0.2) is 0 Å². The Morgan fingerprint density at radius 2 is 1.36 bits per heavy atom. The Labute approximate surface area is 72.2 Å². The van der Waals surface area contributed by atoms with Crippen LogP contribution in [0.3, 0.4) is 0 Å². The van der Waals surface area contributed by atoms with Gasteiger partial charge in [0.25, 0.3) is 0 Å². The molecule has 0 saturated heterocycles. The molecule has 0 aromatic rings. The summed E-state index contributed by atoms with van der Waals surface area (Å²) < 4.78 is 21.1. The first-order chi connectivity index (χ1) is 4.81. The molecule has 0 unspecified atom stereocenters. The minimum absolute atomic E-state index is 0.365. The van der Waals surface area contributed by atoms with Gasteiger partial charge in [-0.3, -0.25) is 0 Å². The van der Waals surface area contributed by atoms with E-state index in [0.717, 1.165) is 0 Å². The lowest BCUT2D eigenvalue weighted by atomic mass is 10.4. The van der Waals surface area contributed by atoms with E-state index in [2.05, 4.69) is 23.2 Å². The number of aliphatic hydroxyl groups is 3. The van der Waals surface area contributed by atoms with Crippen LogP contribution >= 0.6 is 23.2 Å². The fraction of sp³-hybridized carbons (Fsp3) is 1.00. The lowest BCUT2D eigenvalue weighted by Crippen LogP contribution is -2.15. The molecule has 3 N–H and O–H groups in total. The largest absolute Gasteiger partial charge is 0.401 e. The Bertz CT molecular complexity index is 77.9. The van der Waals surface area contributed by atoms with Crippen LogP contribution in [0.25, 0.3) is 0 Å². The highest BCUT2D eigenvalue weighted by molar-refractivity contribution is 6.45. The lowest BCUT2D eigenvalue weighted by molar-refractivity contribution is 0.0450. The van der Waals surface area contributed by atoms with Crippen LogP contribution < -0.4 is 0 Å². The van der Waals surface area contributed by atoms with Gasteiger partial charge in [-0.2, -0.15) is 8.78 Å². The summed E-state index contributed by atoms with van der Waals surface area (Å²) in [6.07, 6.45) is -0.954. The topological polar surface area (TPSA) is 60.7 Å². The van der Waals surface area contributed by atoms with Crippen LogP contribution in [0.4, 0.5) is 8.78 Å². The Morgan fingerprint density at radius 1 is 1.18 bits per heavy atom. The molecule has 7 heteroatoms. The van der Waals surface area contributed by atoms with Crippen LogP contribution in [0.2, 0.25) is 0 Å². The summed E-state index contributed by atoms with van der Waals surface area (Å²) in [6.45, 7) is -0.729. The first kappa shape index (κ1) is 13.9. The first-order valence-corrected chi connectivity index (χ1v) is 3.22. The molecule has 0 aromatic heterocycles. The molecule has 0 aliphatic rings. The molecule has 0 spiro atoms. The summed E-state index contributed by atoms with van der Waals surface area (Å²) in [5.74, 6) is 0. The van der Waals surface area contributed by atoms with Gasteiger partial charge >= 0.3 is 4.84 Å². The van der Waals surface area contributed by atoms with E-state index in [1.807, 2.05) is 0 Å². The third-order valence-electron chi connectivity index (χ3n) is 0.421. The average Bonchev–Trinajstić information content (AvgIpc) is 1.83. The van der Waals surface area contributed by atoms with Gasteiger partial charge < -0.3 is 15.3 Å². The van der Waals surface area contributed by atoms with Gasteiger partial charge in [-0.05, 0) is 23.2 Å². The van der Waals surface area contributed by atoms with E-state index < -0.39 is 10.9 Å². The maximum absolute atomic E-state index is 10.6. The Morgan fingerprint density at radius 3 is 1.36 bits per heavy atom. The molecule has 0 atom stereocenters. The summed E-state index contributed by atoms with van der Waals surface area (Å²) in [5.41, 5.74) is 0. The molecule has 11 heavy (non-hydrogen) atoms. The van der Waals surface area contributed by atoms with E-state index in [1.54, 1.807) is 0 Å². The minimum atomic E-state index is -3.56. The van der Waals surface area contributed by atoms with Crippen molar-refractivity contribution in [2.75, 3.05) is 13.2 Å². The van der Waals surface area contributed by atoms with Crippen LogP contribution in [-0.4, -0.2) is 39.5 Å². The molecule has 0 amide bonds. The summed E-state index contributed by atoms with van der Waals surface area (Å²) in [5, 5.41) is 24.0. The highest BCUT2D eigenvalue weighted by Crippen LogP contribution is 2.22. The highest BCUT2D eigenvalue weighted by atomic mass is 35.5. The SMILES string of the molecule is FC(F)(Cl)Cl.OCC(O)CO. The van der Waals surface area contributed by atoms with Crippen molar-refractivity contribution in [1.29, 1.82) is 0 Å². The van der Waals surface area contributed by atoms with Gasteiger partial charge in [0.1, 0.15) is 6.10 Å². The third-order valence-corrected chi connectivity index (χ3v) is 0.421. The van der Waals surface area contributed by atoms with E-state index in [9.17, 15) is 8.78 Å². The number of hydrogen-bond acceptors (Lipinski definition) is 3. The number of hydrogen-bond donors (Lipinski definition) is 3. The normalized spacial score (nSPS) is 10.9. The molecule has 0 aliphatic heterocycles. The van der Waals surface area contributed by atoms with Crippen molar-refractivity contribution >= 4 is 23.2 Å². The average molecular weight is 213 g/mol. The second kappa shape index (κ2) is 7.00. The fourth-order valence-electron chi connectivity index (χ4n) is 0.0577. The molecule has 0 fully saturated rings. The highest BCUT2D eigenvalue weighted by Gasteiger charge is 2.17. The van der Waals surface area contributed by atoms with Crippen molar-refractivity contribution in [2.24, 2.45) is 0 Å². The lowest BCUT2D eigenvalue weighted by Gasteiger charge is -1.96. The molecule has 0 rings (SSSR count). The van der Waals surface area contributed by atoms with Gasteiger partial charge in [-0.15, -0.1) is 0 Å². The molecule has 0 heterocycles. The van der Waals surface area contributed by atoms with Crippen molar-refractivity contribution in [3.8, 4) is 0 Å². The van der Waals surface area contributed by atoms with E-state index in [-0.39, 0.29) is 13.2 Å². The van der Waals surface area contributed by atoms with Gasteiger partial charge in [-0.1, -0.05) is 0 Å². The second-order valence-corrected chi connectivity index (χ2v) is 2.59. The van der Waals surface area contributed by atoms with Crippen molar-refractivity contribution in [3.63, 3.8) is 0 Å². The third kappa shape index (κ3) is 38.3. The van der Waals surface area contributed by atoms with Crippen molar-refractivity contribution in [3.05, 3.63) is 0 Å². The minimum Gasteiger partial charge on any atom is -0.394 e. The monoisotopic (exact) mass is 212 g/mol. The van der Waals surface area contributed by atoms with Gasteiger partial charge in [0.05, 0.1) is 13.2 Å². The number of aliphatic hydroxyl groups excluding tert-OH is 3. The van der Waals surface area contributed by atoms with E-state index >= 15 is 0 Å². The fourth-order valence-corrected chi connectivity index (χ4v) is 0.0577. The molecule has 3 nitrogen and oxygen atoms in total. The first-order valence-electron chi connectivity index (χ1n) is 2.46. The molecular formula is C4H8Cl2F2O3. The quantitative estimate of drug-likeness (QED) is 0.580. The molecule has 70 valence electrons. The summed E-state index contributed by atoms with van der Waals surface area (Å²) >= 11 is 7.92. The zero-order valence-electron chi connectivity index (χ0n) is 5.35. The Kier molecular flexibility index (Phi) is 8.83. The van der Waals surface area contributed by atoms with Gasteiger partial charge in [0, 0.05) is 0 Å².